The van der Waals surface area contributed by atoms with Gasteiger partial charge in [-0.1, -0.05) is 48.5 Å². The summed E-state index contributed by atoms with van der Waals surface area (Å²) in [6.45, 7) is 5.61. The Morgan fingerprint density at radius 3 is 2.23 bits per heavy atom. The van der Waals surface area contributed by atoms with Gasteiger partial charge >= 0.3 is 0 Å². The van der Waals surface area contributed by atoms with Crippen LogP contribution in [0.4, 0.5) is 0 Å². The standard InChI is InChI=1S/C24H23N5O2/c1-15-14-25-21(16(15)2)23(30)27-26-22(18-10-6-4-7-11-18)20-17(3)28-29(24(20)31)19-12-8-5-9-13-19/h4-14,25,28H,1-3H3,(H,27,30). The van der Waals surface area contributed by atoms with E-state index in [1.807, 2.05) is 81.4 Å². The molecule has 0 aliphatic carbocycles. The number of aryl methyl sites for hydroxylation is 2. The molecule has 2 heterocycles. The number of H-pyrrole nitrogens is 2. The fourth-order valence-electron chi connectivity index (χ4n) is 3.44. The molecule has 0 spiro atoms. The van der Waals surface area contributed by atoms with Crippen LogP contribution in [-0.2, 0) is 0 Å². The second-order valence-electron chi connectivity index (χ2n) is 7.33. The maximum Gasteiger partial charge on any atom is 0.288 e. The first-order valence-electron chi connectivity index (χ1n) is 9.92. The van der Waals surface area contributed by atoms with E-state index in [9.17, 15) is 9.59 Å². The van der Waals surface area contributed by atoms with Crippen LogP contribution >= 0.6 is 0 Å². The molecule has 4 rings (SSSR count). The fraction of sp³-hybridized carbons (Fsp3) is 0.125. The van der Waals surface area contributed by atoms with Crippen molar-refractivity contribution in [3.8, 4) is 5.69 Å². The van der Waals surface area contributed by atoms with Gasteiger partial charge in [-0.15, -0.1) is 0 Å². The quantitative estimate of drug-likeness (QED) is 0.344. The number of aromatic amines is 2. The highest BCUT2D eigenvalue weighted by molar-refractivity contribution is 6.13. The molecule has 4 aromatic rings. The number of para-hydroxylation sites is 1. The predicted octanol–water partition coefficient (Wildman–Crippen LogP) is 3.60. The number of carbonyl (C=O) groups is 1. The van der Waals surface area contributed by atoms with Crippen LogP contribution < -0.4 is 11.0 Å². The molecule has 7 heteroatoms. The molecule has 0 fully saturated rings. The largest absolute Gasteiger partial charge is 0.357 e. The zero-order valence-corrected chi connectivity index (χ0v) is 17.6. The number of hydrogen-bond donors (Lipinski definition) is 3. The van der Waals surface area contributed by atoms with E-state index in [0.717, 1.165) is 22.4 Å². The highest BCUT2D eigenvalue weighted by atomic mass is 16.2. The molecule has 7 nitrogen and oxygen atoms in total. The third-order valence-corrected chi connectivity index (χ3v) is 5.27. The van der Waals surface area contributed by atoms with E-state index in [-0.39, 0.29) is 11.5 Å². The molecular weight excluding hydrogens is 390 g/mol. The Morgan fingerprint density at radius 2 is 1.61 bits per heavy atom. The number of aromatic nitrogens is 3. The summed E-state index contributed by atoms with van der Waals surface area (Å²) >= 11 is 0. The summed E-state index contributed by atoms with van der Waals surface area (Å²) in [5, 5.41) is 7.50. The van der Waals surface area contributed by atoms with Crippen LogP contribution in [-0.4, -0.2) is 26.4 Å². The minimum Gasteiger partial charge on any atom is -0.357 e. The number of hydrogen-bond acceptors (Lipinski definition) is 3. The van der Waals surface area contributed by atoms with Gasteiger partial charge in [0.15, 0.2) is 0 Å². The van der Waals surface area contributed by atoms with Crippen LogP contribution in [0.1, 0.15) is 38.4 Å². The van der Waals surface area contributed by atoms with Gasteiger partial charge in [0.25, 0.3) is 11.5 Å². The third-order valence-electron chi connectivity index (χ3n) is 5.27. The molecule has 1 amide bonds. The van der Waals surface area contributed by atoms with Crippen LogP contribution in [0.5, 0.6) is 0 Å². The van der Waals surface area contributed by atoms with E-state index >= 15 is 0 Å². The van der Waals surface area contributed by atoms with Crippen molar-refractivity contribution in [1.29, 1.82) is 0 Å². The first kappa shape index (κ1) is 20.2. The second-order valence-corrected chi connectivity index (χ2v) is 7.33. The molecule has 156 valence electrons. The number of rotatable bonds is 5. The lowest BCUT2D eigenvalue weighted by molar-refractivity contribution is 0.0950. The Morgan fingerprint density at radius 1 is 0.968 bits per heavy atom. The monoisotopic (exact) mass is 413 g/mol. The molecule has 0 radical (unpaired) electrons. The minimum absolute atomic E-state index is 0.243. The Kier molecular flexibility index (Phi) is 5.41. The van der Waals surface area contributed by atoms with Gasteiger partial charge < -0.3 is 4.98 Å². The first-order valence-corrected chi connectivity index (χ1v) is 9.92. The summed E-state index contributed by atoms with van der Waals surface area (Å²) in [4.78, 5) is 29.0. The van der Waals surface area contributed by atoms with E-state index in [2.05, 4.69) is 20.6 Å². The lowest BCUT2D eigenvalue weighted by Crippen LogP contribution is -2.25. The summed E-state index contributed by atoms with van der Waals surface area (Å²) in [5.41, 5.74) is 7.54. The molecule has 0 bridgehead atoms. The fourth-order valence-corrected chi connectivity index (χ4v) is 3.44. The molecule has 0 atom stereocenters. The van der Waals surface area contributed by atoms with E-state index in [4.69, 9.17) is 0 Å². The molecule has 31 heavy (non-hydrogen) atoms. The van der Waals surface area contributed by atoms with Crippen LogP contribution in [0.2, 0.25) is 0 Å². The molecule has 0 aliphatic heterocycles. The molecule has 2 aromatic carbocycles. The molecule has 0 aliphatic rings. The van der Waals surface area contributed by atoms with Gasteiger partial charge in [-0.2, -0.15) is 5.10 Å². The van der Waals surface area contributed by atoms with Crippen LogP contribution in [0.25, 0.3) is 5.69 Å². The maximum atomic E-state index is 13.3. The predicted molar refractivity (Wildman–Crippen MR) is 121 cm³/mol. The van der Waals surface area contributed by atoms with Crippen molar-refractivity contribution in [2.24, 2.45) is 5.10 Å². The third kappa shape index (κ3) is 3.85. The van der Waals surface area contributed by atoms with Gasteiger partial charge in [0.05, 0.1) is 11.3 Å². The lowest BCUT2D eigenvalue weighted by atomic mass is 10.0. The van der Waals surface area contributed by atoms with Crippen molar-refractivity contribution in [3.63, 3.8) is 0 Å². The number of benzene rings is 2. The Labute approximate surface area is 179 Å². The van der Waals surface area contributed by atoms with Crippen molar-refractivity contribution in [2.45, 2.75) is 20.8 Å². The zero-order chi connectivity index (χ0) is 22.0. The molecule has 2 aromatic heterocycles. The van der Waals surface area contributed by atoms with Crippen molar-refractivity contribution >= 4 is 11.6 Å². The lowest BCUT2D eigenvalue weighted by Gasteiger charge is -2.07. The van der Waals surface area contributed by atoms with E-state index in [1.54, 1.807) is 6.20 Å². The van der Waals surface area contributed by atoms with E-state index < -0.39 is 0 Å². The molecule has 3 N–H and O–H groups in total. The molecular formula is C24H23N5O2. The minimum atomic E-state index is -0.365. The van der Waals surface area contributed by atoms with Crippen molar-refractivity contribution in [2.75, 3.05) is 0 Å². The summed E-state index contributed by atoms with van der Waals surface area (Å²) in [5.74, 6) is -0.365. The normalized spacial score (nSPS) is 11.5. The summed E-state index contributed by atoms with van der Waals surface area (Å²) < 4.78 is 1.48. The van der Waals surface area contributed by atoms with Crippen LogP contribution in [0.3, 0.4) is 0 Å². The molecule has 0 saturated heterocycles. The summed E-state index contributed by atoms with van der Waals surface area (Å²) in [6.07, 6.45) is 1.78. The van der Waals surface area contributed by atoms with E-state index in [1.165, 1.54) is 4.68 Å². The van der Waals surface area contributed by atoms with Crippen molar-refractivity contribution < 1.29 is 4.79 Å². The number of hydrazone groups is 1. The number of carbonyl (C=O) groups excluding carboxylic acids is 1. The molecule has 0 saturated carbocycles. The SMILES string of the molecule is Cc1c[nH]c(C(=O)NN=C(c2ccccc2)c2c(C)[nH]n(-c3ccccc3)c2=O)c1C. The number of nitrogens with zero attached hydrogens (tertiary/aromatic N) is 2. The smallest absolute Gasteiger partial charge is 0.288 e. The number of nitrogens with one attached hydrogen (secondary N) is 3. The van der Waals surface area contributed by atoms with E-state index in [0.29, 0.717) is 22.7 Å². The average molecular weight is 413 g/mol. The highest BCUT2D eigenvalue weighted by Gasteiger charge is 2.20. The second kappa shape index (κ2) is 8.31. The van der Waals surface area contributed by atoms with Crippen molar-refractivity contribution in [1.82, 2.24) is 20.2 Å². The Balaban J connectivity index is 1.79. The average Bonchev–Trinajstić information content (AvgIpc) is 3.28. The van der Waals surface area contributed by atoms with Gasteiger partial charge in [-0.25, -0.2) is 10.1 Å². The first-order chi connectivity index (χ1) is 15.0. The van der Waals surface area contributed by atoms with Gasteiger partial charge in [-0.3, -0.25) is 14.7 Å². The Hall–Kier alpha value is -4.13. The van der Waals surface area contributed by atoms with Gasteiger partial charge in [-0.05, 0) is 44.0 Å². The van der Waals surface area contributed by atoms with Crippen LogP contribution in [0.15, 0.2) is 76.8 Å². The molecule has 0 unspecified atom stereocenters. The van der Waals surface area contributed by atoms with Gasteiger partial charge in [0.2, 0.25) is 0 Å². The summed E-state index contributed by atoms with van der Waals surface area (Å²) in [7, 11) is 0. The topological polar surface area (TPSA) is 95.0 Å². The van der Waals surface area contributed by atoms with Gasteiger partial charge in [0.1, 0.15) is 11.4 Å². The number of amides is 1. The maximum absolute atomic E-state index is 13.3. The van der Waals surface area contributed by atoms with Gasteiger partial charge in [0, 0.05) is 17.5 Å². The van der Waals surface area contributed by atoms with Crippen LogP contribution in [0, 0.1) is 20.8 Å². The summed E-state index contributed by atoms with van der Waals surface area (Å²) in [6, 6.07) is 18.6. The van der Waals surface area contributed by atoms with Crippen molar-refractivity contribution in [3.05, 3.63) is 111 Å². The highest BCUT2D eigenvalue weighted by Crippen LogP contribution is 2.14. The zero-order valence-electron chi connectivity index (χ0n) is 17.6. The Bertz CT molecular complexity index is 1310.